The predicted molar refractivity (Wildman–Crippen MR) is 126 cm³/mol. The summed E-state index contributed by atoms with van der Waals surface area (Å²) in [6, 6.07) is 20.7. The number of piperazine rings is 1. The van der Waals surface area contributed by atoms with Crippen molar-refractivity contribution in [2.45, 2.75) is 19.0 Å². The van der Waals surface area contributed by atoms with E-state index in [2.05, 4.69) is 56.5 Å². The quantitative estimate of drug-likeness (QED) is 0.676. The molecule has 6 heteroatoms. The van der Waals surface area contributed by atoms with E-state index in [9.17, 15) is 4.79 Å². The number of amides is 1. The van der Waals surface area contributed by atoms with Crippen molar-refractivity contribution in [3.63, 3.8) is 0 Å². The summed E-state index contributed by atoms with van der Waals surface area (Å²) in [6.07, 6.45) is 4.30. The van der Waals surface area contributed by atoms with Crippen LogP contribution in [0, 0.1) is 5.92 Å². The van der Waals surface area contributed by atoms with Crippen molar-refractivity contribution in [1.82, 2.24) is 10.3 Å². The SMILES string of the molecule is COc1ccc(N2CCN3c4ccccc4CC(C(=O)NCc4cccnc4)C3C2)cc1. The van der Waals surface area contributed by atoms with Gasteiger partial charge >= 0.3 is 0 Å². The molecule has 1 saturated heterocycles. The molecule has 0 aliphatic carbocycles. The van der Waals surface area contributed by atoms with E-state index in [0.29, 0.717) is 6.54 Å². The predicted octanol–water partition coefficient (Wildman–Crippen LogP) is 3.27. The second-order valence-electron chi connectivity index (χ2n) is 8.42. The summed E-state index contributed by atoms with van der Waals surface area (Å²) in [4.78, 5) is 22.3. The first-order chi connectivity index (χ1) is 15.7. The molecule has 1 amide bonds. The van der Waals surface area contributed by atoms with Crippen LogP contribution in [0.5, 0.6) is 5.75 Å². The van der Waals surface area contributed by atoms with Crippen molar-refractivity contribution in [2.75, 3.05) is 36.5 Å². The fraction of sp³-hybridized carbons (Fsp3) is 0.308. The molecule has 1 fully saturated rings. The summed E-state index contributed by atoms with van der Waals surface area (Å²) in [5.41, 5.74) is 4.70. The highest BCUT2D eigenvalue weighted by atomic mass is 16.5. The van der Waals surface area contributed by atoms with Crippen molar-refractivity contribution in [3.8, 4) is 5.75 Å². The number of pyridine rings is 1. The standard InChI is InChI=1S/C26H28N4O2/c1-32-22-10-8-21(9-11-22)29-13-14-30-24-7-3-2-6-20(24)15-23(25(30)18-29)26(31)28-17-19-5-4-12-27-16-19/h2-12,16,23,25H,13-15,17-18H2,1H3,(H,28,31). The zero-order chi connectivity index (χ0) is 21.9. The Morgan fingerprint density at radius 1 is 1.09 bits per heavy atom. The molecule has 2 aliphatic rings. The number of hydrogen-bond acceptors (Lipinski definition) is 5. The monoisotopic (exact) mass is 428 g/mol. The van der Waals surface area contributed by atoms with Gasteiger partial charge in [0.2, 0.25) is 5.91 Å². The zero-order valence-electron chi connectivity index (χ0n) is 18.3. The lowest BCUT2D eigenvalue weighted by molar-refractivity contribution is -0.126. The summed E-state index contributed by atoms with van der Waals surface area (Å²) in [5, 5.41) is 3.16. The van der Waals surface area contributed by atoms with Crippen molar-refractivity contribution in [3.05, 3.63) is 84.2 Å². The molecular weight excluding hydrogens is 400 g/mol. The lowest BCUT2D eigenvalue weighted by Crippen LogP contribution is -2.61. The number of anilines is 2. The smallest absolute Gasteiger partial charge is 0.225 e. The Balaban J connectivity index is 1.38. The lowest BCUT2D eigenvalue weighted by atomic mass is 9.83. The van der Waals surface area contributed by atoms with Crippen LogP contribution in [0.1, 0.15) is 11.1 Å². The van der Waals surface area contributed by atoms with E-state index in [0.717, 1.165) is 37.4 Å². The molecule has 2 aromatic carbocycles. The molecular formula is C26H28N4O2. The minimum atomic E-state index is -0.109. The normalized spacial score (nSPS) is 19.7. The van der Waals surface area contributed by atoms with Crippen LogP contribution in [-0.4, -0.2) is 43.7 Å². The second-order valence-corrected chi connectivity index (χ2v) is 8.42. The van der Waals surface area contributed by atoms with E-state index in [4.69, 9.17) is 4.74 Å². The second kappa shape index (κ2) is 8.91. The number of aromatic nitrogens is 1. The molecule has 0 saturated carbocycles. The molecule has 0 radical (unpaired) electrons. The maximum Gasteiger partial charge on any atom is 0.225 e. The maximum absolute atomic E-state index is 13.4. The van der Waals surface area contributed by atoms with Crippen LogP contribution in [0.4, 0.5) is 11.4 Å². The fourth-order valence-corrected chi connectivity index (χ4v) is 4.91. The highest BCUT2D eigenvalue weighted by Gasteiger charge is 2.41. The molecule has 2 aliphatic heterocycles. The Labute approximate surface area is 188 Å². The van der Waals surface area contributed by atoms with E-state index >= 15 is 0 Å². The number of carbonyl (C=O) groups excluding carboxylic acids is 1. The van der Waals surface area contributed by atoms with Crippen LogP contribution in [0.25, 0.3) is 0 Å². The highest BCUT2D eigenvalue weighted by molar-refractivity contribution is 5.82. The van der Waals surface area contributed by atoms with Gasteiger partial charge in [-0.25, -0.2) is 0 Å². The Kier molecular flexibility index (Phi) is 5.67. The van der Waals surface area contributed by atoms with Crippen LogP contribution in [-0.2, 0) is 17.8 Å². The van der Waals surface area contributed by atoms with Crippen LogP contribution in [0.15, 0.2) is 73.1 Å². The number of fused-ring (bicyclic) bond motifs is 3. The van der Waals surface area contributed by atoms with Gasteiger partial charge in [0.05, 0.1) is 19.1 Å². The Morgan fingerprint density at radius 2 is 1.94 bits per heavy atom. The fourth-order valence-electron chi connectivity index (χ4n) is 4.91. The summed E-state index contributed by atoms with van der Waals surface area (Å²) < 4.78 is 5.31. The van der Waals surface area contributed by atoms with Gasteiger partial charge in [0.1, 0.15) is 5.75 Å². The molecule has 2 atom stereocenters. The Morgan fingerprint density at radius 3 is 2.72 bits per heavy atom. The lowest BCUT2D eigenvalue weighted by Gasteiger charge is -2.49. The third-order valence-electron chi connectivity index (χ3n) is 6.59. The number of nitrogens with one attached hydrogen (secondary N) is 1. The minimum Gasteiger partial charge on any atom is -0.497 e. The van der Waals surface area contributed by atoms with Crippen molar-refractivity contribution < 1.29 is 9.53 Å². The average Bonchev–Trinajstić information content (AvgIpc) is 2.87. The highest BCUT2D eigenvalue weighted by Crippen LogP contribution is 2.37. The number of carbonyl (C=O) groups is 1. The van der Waals surface area contributed by atoms with E-state index in [1.807, 2.05) is 24.3 Å². The van der Waals surface area contributed by atoms with Crippen molar-refractivity contribution >= 4 is 17.3 Å². The molecule has 5 rings (SSSR count). The average molecular weight is 429 g/mol. The van der Waals surface area contributed by atoms with Gasteiger partial charge in [0.25, 0.3) is 0 Å². The molecule has 3 heterocycles. The molecule has 0 spiro atoms. The first-order valence-electron chi connectivity index (χ1n) is 11.1. The van der Waals surface area contributed by atoms with Gasteiger partial charge in [-0.1, -0.05) is 24.3 Å². The van der Waals surface area contributed by atoms with Gasteiger partial charge in [-0.05, 0) is 53.9 Å². The zero-order valence-corrected chi connectivity index (χ0v) is 18.3. The van der Waals surface area contributed by atoms with Crippen LogP contribution < -0.4 is 19.9 Å². The Bertz CT molecular complexity index is 1070. The van der Waals surface area contributed by atoms with Gasteiger partial charge in [-0.3, -0.25) is 9.78 Å². The van der Waals surface area contributed by atoms with E-state index in [-0.39, 0.29) is 17.9 Å². The van der Waals surface area contributed by atoms with Crippen LogP contribution >= 0.6 is 0 Å². The number of benzene rings is 2. The molecule has 1 N–H and O–H groups in total. The molecule has 0 bridgehead atoms. The van der Waals surface area contributed by atoms with E-state index in [1.54, 1.807) is 19.5 Å². The molecule has 164 valence electrons. The van der Waals surface area contributed by atoms with Gasteiger partial charge in [-0.15, -0.1) is 0 Å². The van der Waals surface area contributed by atoms with Crippen molar-refractivity contribution in [1.29, 1.82) is 0 Å². The molecule has 2 unspecified atom stereocenters. The third kappa shape index (κ3) is 4.00. The van der Waals surface area contributed by atoms with Crippen LogP contribution in [0.3, 0.4) is 0 Å². The van der Waals surface area contributed by atoms with E-state index in [1.165, 1.54) is 16.9 Å². The summed E-state index contributed by atoms with van der Waals surface area (Å²) in [7, 11) is 1.68. The molecule has 6 nitrogen and oxygen atoms in total. The first-order valence-corrected chi connectivity index (χ1v) is 11.1. The van der Waals surface area contributed by atoms with Gasteiger partial charge in [-0.2, -0.15) is 0 Å². The number of ether oxygens (including phenoxy) is 1. The topological polar surface area (TPSA) is 57.7 Å². The summed E-state index contributed by atoms with van der Waals surface area (Å²) in [6.45, 7) is 3.12. The number of nitrogens with zero attached hydrogens (tertiary/aromatic N) is 3. The van der Waals surface area contributed by atoms with Crippen molar-refractivity contribution in [2.24, 2.45) is 5.92 Å². The maximum atomic E-state index is 13.4. The summed E-state index contributed by atoms with van der Waals surface area (Å²) >= 11 is 0. The van der Waals surface area contributed by atoms with E-state index < -0.39 is 0 Å². The molecule has 32 heavy (non-hydrogen) atoms. The minimum absolute atomic E-state index is 0.106. The number of methoxy groups -OCH3 is 1. The number of rotatable bonds is 5. The summed E-state index contributed by atoms with van der Waals surface area (Å²) in [5.74, 6) is 0.851. The Hall–Kier alpha value is -3.54. The number of hydrogen-bond donors (Lipinski definition) is 1. The van der Waals surface area contributed by atoms with Gasteiger partial charge in [0.15, 0.2) is 0 Å². The van der Waals surface area contributed by atoms with Gasteiger partial charge < -0.3 is 19.9 Å². The van der Waals surface area contributed by atoms with Gasteiger partial charge in [0, 0.05) is 49.9 Å². The number of para-hydroxylation sites is 1. The van der Waals surface area contributed by atoms with Crippen LogP contribution in [0.2, 0.25) is 0 Å². The molecule has 1 aromatic heterocycles. The third-order valence-corrected chi connectivity index (χ3v) is 6.59. The molecule has 3 aromatic rings. The first kappa shape index (κ1) is 20.4. The largest absolute Gasteiger partial charge is 0.497 e.